The number of benzene rings is 1. The Morgan fingerprint density at radius 2 is 2.19 bits per heavy atom. The number of rotatable bonds is 3. The van der Waals surface area contributed by atoms with Crippen molar-refractivity contribution in [3.63, 3.8) is 0 Å². The highest BCUT2D eigenvalue weighted by Crippen LogP contribution is 2.17. The molecule has 0 atom stereocenters. The summed E-state index contributed by atoms with van der Waals surface area (Å²) in [5.74, 6) is 0.519. The largest absolute Gasteiger partial charge is 0.382 e. The van der Waals surface area contributed by atoms with Gasteiger partial charge in [0.05, 0.1) is 5.69 Å². The van der Waals surface area contributed by atoms with E-state index in [0.29, 0.717) is 17.4 Å². The molecule has 0 amide bonds. The smallest absolute Gasteiger partial charge is 0.149 e. The molecule has 0 aliphatic carbocycles. The maximum absolute atomic E-state index is 5.91. The van der Waals surface area contributed by atoms with E-state index in [1.165, 1.54) is 0 Å². The zero-order chi connectivity index (χ0) is 11.5. The van der Waals surface area contributed by atoms with Gasteiger partial charge in [-0.1, -0.05) is 17.7 Å². The maximum atomic E-state index is 5.91. The van der Waals surface area contributed by atoms with E-state index in [2.05, 4.69) is 5.10 Å². The minimum absolute atomic E-state index is 0.519. The molecular weight excluding hydrogens is 224 g/mol. The standard InChI is InChI=1S/C11H13ClN4/c12-9-2-1-3-10(6-9)16-7-8(4-5-13)11(14)15-16/h1-3,6-7H,4-5,13H2,(H2,14,15). The van der Waals surface area contributed by atoms with E-state index < -0.39 is 0 Å². The highest BCUT2D eigenvalue weighted by Gasteiger charge is 2.06. The zero-order valence-electron chi connectivity index (χ0n) is 8.73. The van der Waals surface area contributed by atoms with Crippen LogP contribution in [0.4, 0.5) is 5.82 Å². The van der Waals surface area contributed by atoms with Crippen molar-refractivity contribution >= 4 is 17.4 Å². The number of nitrogens with two attached hydrogens (primary N) is 2. The number of hydrogen-bond donors (Lipinski definition) is 2. The molecule has 84 valence electrons. The van der Waals surface area contributed by atoms with E-state index in [1.54, 1.807) is 4.68 Å². The normalized spacial score (nSPS) is 10.6. The van der Waals surface area contributed by atoms with Crippen LogP contribution in [-0.2, 0) is 6.42 Å². The maximum Gasteiger partial charge on any atom is 0.149 e. The lowest BCUT2D eigenvalue weighted by atomic mass is 10.2. The van der Waals surface area contributed by atoms with Crippen LogP contribution in [0.2, 0.25) is 5.02 Å². The molecule has 0 aliphatic heterocycles. The van der Waals surface area contributed by atoms with Gasteiger partial charge in [-0.15, -0.1) is 0 Å². The van der Waals surface area contributed by atoms with Gasteiger partial charge in [0.1, 0.15) is 5.82 Å². The number of nitrogen functional groups attached to an aromatic ring is 1. The van der Waals surface area contributed by atoms with Crippen molar-refractivity contribution in [1.29, 1.82) is 0 Å². The third-order valence-electron chi connectivity index (χ3n) is 2.31. The first-order valence-corrected chi connectivity index (χ1v) is 5.38. The molecule has 0 fully saturated rings. The number of anilines is 1. The third kappa shape index (κ3) is 2.18. The van der Waals surface area contributed by atoms with E-state index in [0.717, 1.165) is 17.7 Å². The second kappa shape index (κ2) is 4.55. The van der Waals surface area contributed by atoms with Gasteiger partial charge in [-0.3, -0.25) is 0 Å². The molecule has 0 spiro atoms. The number of halogens is 1. The summed E-state index contributed by atoms with van der Waals surface area (Å²) < 4.78 is 1.71. The van der Waals surface area contributed by atoms with Crippen LogP contribution >= 0.6 is 11.6 Å². The predicted molar refractivity (Wildman–Crippen MR) is 65.7 cm³/mol. The fourth-order valence-corrected chi connectivity index (χ4v) is 1.71. The van der Waals surface area contributed by atoms with E-state index >= 15 is 0 Å². The Morgan fingerprint density at radius 3 is 2.88 bits per heavy atom. The summed E-state index contributed by atoms with van der Waals surface area (Å²) in [6.07, 6.45) is 2.61. The lowest BCUT2D eigenvalue weighted by molar-refractivity contribution is 0.883. The Bertz CT molecular complexity index is 492. The van der Waals surface area contributed by atoms with E-state index in [1.807, 2.05) is 30.5 Å². The quantitative estimate of drug-likeness (QED) is 0.851. The fourth-order valence-electron chi connectivity index (χ4n) is 1.52. The molecule has 2 rings (SSSR count). The molecule has 4 nitrogen and oxygen atoms in total. The van der Waals surface area contributed by atoms with Crippen molar-refractivity contribution in [3.05, 3.63) is 41.0 Å². The van der Waals surface area contributed by atoms with Gasteiger partial charge in [-0.05, 0) is 31.2 Å². The first kappa shape index (κ1) is 11.0. The average Bonchev–Trinajstić information content (AvgIpc) is 2.61. The third-order valence-corrected chi connectivity index (χ3v) is 2.54. The van der Waals surface area contributed by atoms with Gasteiger partial charge < -0.3 is 11.5 Å². The van der Waals surface area contributed by atoms with Gasteiger partial charge in [0.25, 0.3) is 0 Å². The van der Waals surface area contributed by atoms with Gasteiger partial charge in [-0.2, -0.15) is 5.10 Å². The summed E-state index contributed by atoms with van der Waals surface area (Å²) >= 11 is 5.91. The summed E-state index contributed by atoms with van der Waals surface area (Å²) in [5, 5.41) is 4.89. The molecule has 16 heavy (non-hydrogen) atoms. The second-order valence-corrected chi connectivity index (χ2v) is 3.94. The van der Waals surface area contributed by atoms with Gasteiger partial charge in [0.2, 0.25) is 0 Å². The molecule has 0 saturated carbocycles. The Hall–Kier alpha value is -1.52. The molecule has 0 saturated heterocycles. The van der Waals surface area contributed by atoms with E-state index in [9.17, 15) is 0 Å². The lowest BCUT2D eigenvalue weighted by Crippen LogP contribution is -2.03. The van der Waals surface area contributed by atoms with Gasteiger partial charge in [0.15, 0.2) is 0 Å². The second-order valence-electron chi connectivity index (χ2n) is 3.50. The number of hydrogen-bond acceptors (Lipinski definition) is 3. The first-order valence-electron chi connectivity index (χ1n) is 5.00. The monoisotopic (exact) mass is 236 g/mol. The summed E-state index contributed by atoms with van der Waals surface area (Å²) in [6.45, 7) is 0.561. The van der Waals surface area contributed by atoms with Crippen LogP contribution in [0.15, 0.2) is 30.5 Å². The summed E-state index contributed by atoms with van der Waals surface area (Å²) in [5.41, 5.74) is 13.1. The minimum atomic E-state index is 0.519. The Morgan fingerprint density at radius 1 is 1.38 bits per heavy atom. The van der Waals surface area contributed by atoms with E-state index in [-0.39, 0.29) is 0 Å². The Labute approximate surface area is 98.8 Å². The minimum Gasteiger partial charge on any atom is -0.382 e. The molecule has 1 aromatic heterocycles. The molecule has 1 aromatic carbocycles. The first-order chi connectivity index (χ1) is 7.70. The van der Waals surface area contributed by atoms with Crippen molar-refractivity contribution in [3.8, 4) is 5.69 Å². The summed E-state index contributed by atoms with van der Waals surface area (Å²) in [7, 11) is 0. The van der Waals surface area contributed by atoms with Crippen LogP contribution < -0.4 is 11.5 Å². The molecular formula is C11H13ClN4. The molecule has 0 aliphatic rings. The SMILES string of the molecule is NCCc1cn(-c2cccc(Cl)c2)nc1N. The molecule has 4 N–H and O–H groups in total. The van der Waals surface area contributed by atoms with Gasteiger partial charge >= 0.3 is 0 Å². The molecule has 1 heterocycles. The van der Waals surface area contributed by atoms with Crippen molar-refractivity contribution < 1.29 is 0 Å². The highest BCUT2D eigenvalue weighted by atomic mass is 35.5. The summed E-state index contributed by atoms with van der Waals surface area (Å²) in [6, 6.07) is 7.45. The van der Waals surface area contributed by atoms with Crippen molar-refractivity contribution in [2.45, 2.75) is 6.42 Å². The lowest BCUT2D eigenvalue weighted by Gasteiger charge is -2.00. The van der Waals surface area contributed by atoms with Crippen LogP contribution in [0.5, 0.6) is 0 Å². The van der Waals surface area contributed by atoms with Gasteiger partial charge in [0, 0.05) is 16.8 Å². The van der Waals surface area contributed by atoms with Crippen LogP contribution in [-0.4, -0.2) is 16.3 Å². The summed E-state index contributed by atoms with van der Waals surface area (Å²) in [4.78, 5) is 0. The highest BCUT2D eigenvalue weighted by molar-refractivity contribution is 6.30. The van der Waals surface area contributed by atoms with Crippen molar-refractivity contribution in [1.82, 2.24) is 9.78 Å². The average molecular weight is 237 g/mol. The topological polar surface area (TPSA) is 69.9 Å². The number of aromatic nitrogens is 2. The molecule has 2 aromatic rings. The molecule has 0 bridgehead atoms. The van der Waals surface area contributed by atoms with Gasteiger partial charge in [-0.25, -0.2) is 4.68 Å². The molecule has 5 heteroatoms. The van der Waals surface area contributed by atoms with Crippen molar-refractivity contribution in [2.24, 2.45) is 5.73 Å². The zero-order valence-corrected chi connectivity index (χ0v) is 9.48. The van der Waals surface area contributed by atoms with Crippen LogP contribution in [0.1, 0.15) is 5.56 Å². The Kier molecular flexibility index (Phi) is 3.12. The van der Waals surface area contributed by atoms with E-state index in [4.69, 9.17) is 23.1 Å². The number of nitrogens with zero attached hydrogens (tertiary/aromatic N) is 2. The van der Waals surface area contributed by atoms with Crippen LogP contribution in [0.25, 0.3) is 5.69 Å². The van der Waals surface area contributed by atoms with Crippen molar-refractivity contribution in [2.75, 3.05) is 12.3 Å². The van der Waals surface area contributed by atoms with Crippen LogP contribution in [0.3, 0.4) is 0 Å². The fraction of sp³-hybridized carbons (Fsp3) is 0.182. The predicted octanol–water partition coefficient (Wildman–Crippen LogP) is 1.61. The Balaban J connectivity index is 2.37. The molecule has 0 radical (unpaired) electrons. The van der Waals surface area contributed by atoms with Crippen LogP contribution in [0, 0.1) is 0 Å². The molecule has 0 unspecified atom stereocenters.